The minimum Gasteiger partial charge on any atom is -0.384 e. The van der Waals surface area contributed by atoms with E-state index in [1.807, 2.05) is 29.6 Å². The quantitative estimate of drug-likeness (QED) is 0.859. The summed E-state index contributed by atoms with van der Waals surface area (Å²) in [6.45, 7) is 2.09. The Morgan fingerprint density at radius 1 is 1.47 bits per heavy atom. The molecular formula is C10H15N3S2. The van der Waals surface area contributed by atoms with Gasteiger partial charge >= 0.3 is 0 Å². The number of hydrogen-bond donors (Lipinski definition) is 1. The normalized spacial score (nSPS) is 21.5. The fraction of sp³-hybridized carbons (Fsp3) is 0.600. The summed E-state index contributed by atoms with van der Waals surface area (Å²) in [5.41, 5.74) is 6.82. The van der Waals surface area contributed by atoms with E-state index >= 15 is 0 Å². The number of hydrogen-bond acceptors (Lipinski definition) is 5. The second kappa shape index (κ2) is 5.07. The summed E-state index contributed by atoms with van der Waals surface area (Å²) in [7, 11) is 0. The molecule has 0 aliphatic carbocycles. The maximum Gasteiger partial charge on any atom is 0.144 e. The Morgan fingerprint density at radius 3 is 3.00 bits per heavy atom. The lowest BCUT2D eigenvalue weighted by Crippen LogP contribution is -2.12. The molecule has 1 aliphatic heterocycles. The summed E-state index contributed by atoms with van der Waals surface area (Å²) in [5.74, 6) is 5.06. The molecule has 1 fully saturated rings. The van der Waals surface area contributed by atoms with Crippen LogP contribution in [0.1, 0.15) is 23.7 Å². The summed E-state index contributed by atoms with van der Waals surface area (Å²) in [5, 5.41) is 0.428. The molecule has 2 N–H and O–H groups in total. The molecule has 0 spiro atoms. The average molecular weight is 241 g/mol. The van der Waals surface area contributed by atoms with E-state index in [0.29, 0.717) is 11.1 Å². The first-order valence-electron chi connectivity index (χ1n) is 5.12. The van der Waals surface area contributed by atoms with E-state index in [2.05, 4.69) is 16.9 Å². The number of aryl methyl sites for hydroxylation is 1. The van der Waals surface area contributed by atoms with Gasteiger partial charge in [0.2, 0.25) is 0 Å². The van der Waals surface area contributed by atoms with Crippen LogP contribution in [0.2, 0.25) is 0 Å². The van der Waals surface area contributed by atoms with Crippen LogP contribution in [0.3, 0.4) is 0 Å². The van der Waals surface area contributed by atoms with Crippen LogP contribution in [0, 0.1) is 0 Å². The Balaban J connectivity index is 2.22. The Morgan fingerprint density at radius 2 is 2.33 bits per heavy atom. The molecule has 1 aromatic rings. The number of thioether (sulfide) groups is 2. The summed E-state index contributed by atoms with van der Waals surface area (Å²) in [4.78, 5) is 8.89. The Kier molecular flexibility index (Phi) is 3.75. The molecule has 1 aromatic heterocycles. The van der Waals surface area contributed by atoms with Crippen molar-refractivity contribution in [2.24, 2.45) is 0 Å². The van der Waals surface area contributed by atoms with Crippen molar-refractivity contribution in [3.8, 4) is 0 Å². The van der Waals surface area contributed by atoms with Gasteiger partial charge in [-0.05, 0) is 6.42 Å². The van der Waals surface area contributed by atoms with Gasteiger partial charge in [0.1, 0.15) is 11.6 Å². The fourth-order valence-electron chi connectivity index (χ4n) is 1.50. The number of anilines is 1. The zero-order chi connectivity index (χ0) is 10.7. The standard InChI is InChI=1S/C10H15N3S2/c1-2-7-5-9(11)13-10(12-7)8-6-14-3-4-15-8/h5,8H,2-4,6H2,1H3,(H2,11,12,13). The lowest BCUT2D eigenvalue weighted by atomic mass is 10.3. The van der Waals surface area contributed by atoms with Gasteiger partial charge in [0.15, 0.2) is 0 Å². The van der Waals surface area contributed by atoms with Crippen LogP contribution in [-0.2, 0) is 6.42 Å². The first-order valence-corrected chi connectivity index (χ1v) is 7.32. The molecule has 0 amide bonds. The van der Waals surface area contributed by atoms with Crippen LogP contribution in [0.4, 0.5) is 5.82 Å². The van der Waals surface area contributed by atoms with Crippen LogP contribution in [-0.4, -0.2) is 27.2 Å². The van der Waals surface area contributed by atoms with Gasteiger partial charge in [0.25, 0.3) is 0 Å². The van der Waals surface area contributed by atoms with Gasteiger partial charge in [-0.2, -0.15) is 11.8 Å². The molecule has 15 heavy (non-hydrogen) atoms. The van der Waals surface area contributed by atoms with Crippen molar-refractivity contribution in [3.63, 3.8) is 0 Å². The van der Waals surface area contributed by atoms with Gasteiger partial charge in [0, 0.05) is 29.0 Å². The van der Waals surface area contributed by atoms with Crippen molar-refractivity contribution < 1.29 is 0 Å². The summed E-state index contributed by atoms with van der Waals surface area (Å²) in [6, 6.07) is 1.87. The highest BCUT2D eigenvalue weighted by molar-refractivity contribution is 8.06. The van der Waals surface area contributed by atoms with Crippen LogP contribution in [0.5, 0.6) is 0 Å². The predicted octanol–water partition coefficient (Wildman–Crippen LogP) is 2.14. The number of nitrogens with two attached hydrogens (primary N) is 1. The molecule has 1 atom stereocenters. The number of nitrogen functional groups attached to an aromatic ring is 1. The Hall–Kier alpha value is -0.420. The van der Waals surface area contributed by atoms with E-state index in [1.165, 1.54) is 11.5 Å². The molecule has 0 saturated carbocycles. The molecule has 2 heterocycles. The smallest absolute Gasteiger partial charge is 0.144 e. The second-order valence-corrected chi connectivity index (χ2v) is 5.89. The van der Waals surface area contributed by atoms with Crippen LogP contribution >= 0.6 is 23.5 Å². The minimum absolute atomic E-state index is 0.428. The Labute approximate surface area is 98.6 Å². The molecule has 2 rings (SSSR count). The van der Waals surface area contributed by atoms with Gasteiger partial charge < -0.3 is 5.73 Å². The van der Waals surface area contributed by atoms with Gasteiger partial charge in [-0.15, -0.1) is 11.8 Å². The van der Waals surface area contributed by atoms with E-state index in [1.54, 1.807) is 0 Å². The largest absolute Gasteiger partial charge is 0.384 e. The lowest BCUT2D eigenvalue weighted by molar-refractivity contribution is 0.882. The third-order valence-electron chi connectivity index (χ3n) is 2.28. The fourth-order valence-corrected chi connectivity index (χ4v) is 4.10. The van der Waals surface area contributed by atoms with Crippen molar-refractivity contribution in [1.82, 2.24) is 9.97 Å². The van der Waals surface area contributed by atoms with E-state index < -0.39 is 0 Å². The third-order valence-corrected chi connectivity index (χ3v) is 5.03. The molecular weight excluding hydrogens is 226 g/mol. The lowest BCUT2D eigenvalue weighted by Gasteiger charge is -2.20. The molecule has 1 aliphatic rings. The first kappa shape index (κ1) is 11.1. The predicted molar refractivity (Wildman–Crippen MR) is 68.3 cm³/mol. The topological polar surface area (TPSA) is 51.8 Å². The monoisotopic (exact) mass is 241 g/mol. The van der Waals surface area contributed by atoms with E-state index in [0.717, 1.165) is 23.7 Å². The number of nitrogens with zero attached hydrogens (tertiary/aromatic N) is 2. The summed E-state index contributed by atoms with van der Waals surface area (Å²) < 4.78 is 0. The van der Waals surface area contributed by atoms with Crippen LogP contribution in [0.25, 0.3) is 0 Å². The van der Waals surface area contributed by atoms with E-state index in [4.69, 9.17) is 5.73 Å². The zero-order valence-corrected chi connectivity index (χ0v) is 10.4. The zero-order valence-electron chi connectivity index (χ0n) is 8.77. The van der Waals surface area contributed by atoms with Gasteiger partial charge in [-0.1, -0.05) is 6.92 Å². The molecule has 1 unspecified atom stereocenters. The van der Waals surface area contributed by atoms with Gasteiger partial charge in [-0.3, -0.25) is 0 Å². The summed E-state index contributed by atoms with van der Waals surface area (Å²) in [6.07, 6.45) is 0.921. The highest BCUT2D eigenvalue weighted by Gasteiger charge is 2.19. The van der Waals surface area contributed by atoms with Crippen LogP contribution in [0.15, 0.2) is 6.07 Å². The summed E-state index contributed by atoms with van der Waals surface area (Å²) >= 11 is 3.92. The maximum absolute atomic E-state index is 5.77. The molecule has 5 heteroatoms. The van der Waals surface area contributed by atoms with Crippen molar-refractivity contribution in [2.75, 3.05) is 23.0 Å². The van der Waals surface area contributed by atoms with Crippen molar-refractivity contribution in [2.45, 2.75) is 18.6 Å². The first-order chi connectivity index (χ1) is 7.29. The maximum atomic E-state index is 5.77. The van der Waals surface area contributed by atoms with Gasteiger partial charge in [-0.25, -0.2) is 9.97 Å². The van der Waals surface area contributed by atoms with Crippen molar-refractivity contribution in [1.29, 1.82) is 0 Å². The molecule has 0 aromatic carbocycles. The number of aromatic nitrogens is 2. The molecule has 3 nitrogen and oxygen atoms in total. The SMILES string of the molecule is CCc1cc(N)nc(C2CSCCS2)n1. The van der Waals surface area contributed by atoms with Crippen molar-refractivity contribution >= 4 is 29.3 Å². The average Bonchev–Trinajstić information content (AvgIpc) is 2.29. The number of rotatable bonds is 2. The second-order valence-electron chi connectivity index (χ2n) is 3.43. The highest BCUT2D eigenvalue weighted by atomic mass is 32.2. The molecule has 0 bridgehead atoms. The molecule has 82 valence electrons. The Bertz CT molecular complexity index is 337. The van der Waals surface area contributed by atoms with E-state index in [9.17, 15) is 0 Å². The minimum atomic E-state index is 0.428. The molecule has 0 radical (unpaired) electrons. The van der Waals surface area contributed by atoms with Crippen molar-refractivity contribution in [3.05, 3.63) is 17.6 Å². The van der Waals surface area contributed by atoms with Gasteiger partial charge in [0.05, 0.1) is 5.25 Å². The van der Waals surface area contributed by atoms with E-state index in [-0.39, 0.29) is 0 Å². The molecule has 1 saturated heterocycles. The third kappa shape index (κ3) is 2.78. The highest BCUT2D eigenvalue weighted by Crippen LogP contribution is 2.35. The van der Waals surface area contributed by atoms with Crippen LogP contribution < -0.4 is 5.73 Å².